The van der Waals surface area contributed by atoms with Gasteiger partial charge in [-0.15, -0.1) is 0 Å². The smallest absolute Gasteiger partial charge is 0.0387 e. The molecule has 0 aromatic heterocycles. The maximum atomic E-state index is 3.60. The molecule has 0 atom stereocenters. The topological polar surface area (TPSA) is 12.0 Å². The molecule has 27 heavy (non-hydrogen) atoms. The Morgan fingerprint density at radius 1 is 0.593 bits per heavy atom. The summed E-state index contributed by atoms with van der Waals surface area (Å²) in [5.74, 6) is 0. The Labute approximate surface area is 163 Å². The molecule has 0 radical (unpaired) electrons. The van der Waals surface area contributed by atoms with Crippen LogP contribution in [0.4, 0.5) is 11.4 Å². The normalized spacial score (nSPS) is 17.2. The minimum Gasteiger partial charge on any atom is -0.356 e. The van der Waals surface area contributed by atoms with E-state index in [0.29, 0.717) is 0 Å². The van der Waals surface area contributed by atoms with Crippen molar-refractivity contribution in [2.24, 2.45) is 0 Å². The molecule has 0 aliphatic heterocycles. The van der Waals surface area contributed by atoms with Gasteiger partial charge in [-0.05, 0) is 70.2 Å². The second kappa shape index (κ2) is 6.56. The van der Waals surface area contributed by atoms with E-state index in [9.17, 15) is 0 Å². The van der Waals surface area contributed by atoms with Gasteiger partial charge in [0.25, 0.3) is 0 Å². The van der Waals surface area contributed by atoms with E-state index in [1.165, 1.54) is 40.8 Å². The van der Waals surface area contributed by atoms with E-state index < -0.39 is 0 Å². The van der Waals surface area contributed by atoms with Crippen LogP contribution in [0.5, 0.6) is 0 Å². The standard InChI is InChI=1S/C26H29N/c1-25(2)16-17-26(3,4)24-18-22(14-15-23(24)25)27-21-12-10-20(11-13-21)19-8-6-5-7-9-19/h5-15,18,27H,16-17H2,1-4H3. The molecule has 1 aliphatic rings. The third kappa shape index (κ3) is 3.51. The summed E-state index contributed by atoms with van der Waals surface area (Å²) >= 11 is 0. The van der Waals surface area contributed by atoms with E-state index in [-0.39, 0.29) is 10.8 Å². The first kappa shape index (κ1) is 17.9. The summed E-state index contributed by atoms with van der Waals surface area (Å²) < 4.78 is 0. The monoisotopic (exact) mass is 355 g/mol. The van der Waals surface area contributed by atoms with Crippen molar-refractivity contribution in [3.05, 3.63) is 83.9 Å². The van der Waals surface area contributed by atoms with Crippen LogP contribution in [0.2, 0.25) is 0 Å². The van der Waals surface area contributed by atoms with E-state index in [1.54, 1.807) is 0 Å². The molecule has 1 nitrogen and oxygen atoms in total. The molecule has 3 aromatic carbocycles. The average Bonchev–Trinajstić information content (AvgIpc) is 2.67. The zero-order chi connectivity index (χ0) is 19.1. The number of rotatable bonds is 3. The van der Waals surface area contributed by atoms with Crippen molar-refractivity contribution in [2.75, 3.05) is 5.32 Å². The lowest BCUT2D eigenvalue weighted by molar-refractivity contribution is 0.332. The van der Waals surface area contributed by atoms with Gasteiger partial charge in [-0.25, -0.2) is 0 Å². The molecule has 1 aliphatic carbocycles. The van der Waals surface area contributed by atoms with Gasteiger partial charge in [0, 0.05) is 11.4 Å². The SMILES string of the molecule is CC1(C)CCC(C)(C)c2cc(Nc3ccc(-c4ccccc4)cc3)ccc21. The Hall–Kier alpha value is -2.54. The van der Waals surface area contributed by atoms with E-state index in [1.807, 2.05) is 0 Å². The van der Waals surface area contributed by atoms with Gasteiger partial charge in [-0.2, -0.15) is 0 Å². The minimum atomic E-state index is 0.236. The molecule has 4 rings (SSSR count). The predicted molar refractivity (Wildman–Crippen MR) is 117 cm³/mol. The van der Waals surface area contributed by atoms with Gasteiger partial charge in [0.15, 0.2) is 0 Å². The zero-order valence-electron chi connectivity index (χ0n) is 16.8. The quantitative estimate of drug-likeness (QED) is 0.514. The summed E-state index contributed by atoms with van der Waals surface area (Å²) in [4.78, 5) is 0. The highest BCUT2D eigenvalue weighted by atomic mass is 14.9. The summed E-state index contributed by atoms with van der Waals surface area (Å²) in [5, 5.41) is 3.60. The second-order valence-electron chi connectivity index (χ2n) is 9.10. The Kier molecular flexibility index (Phi) is 4.34. The fraction of sp³-hybridized carbons (Fsp3) is 0.308. The molecular weight excluding hydrogens is 326 g/mol. The molecular formula is C26H29N. The van der Waals surface area contributed by atoms with Crippen molar-refractivity contribution in [1.29, 1.82) is 0 Å². The van der Waals surface area contributed by atoms with Gasteiger partial charge >= 0.3 is 0 Å². The van der Waals surface area contributed by atoms with Gasteiger partial charge in [0.05, 0.1) is 0 Å². The van der Waals surface area contributed by atoms with Crippen LogP contribution < -0.4 is 5.32 Å². The summed E-state index contributed by atoms with van der Waals surface area (Å²) in [7, 11) is 0. The lowest BCUT2D eigenvalue weighted by atomic mass is 9.63. The average molecular weight is 356 g/mol. The first-order chi connectivity index (χ1) is 12.9. The highest BCUT2D eigenvalue weighted by Crippen LogP contribution is 2.46. The molecule has 3 aromatic rings. The van der Waals surface area contributed by atoms with Gasteiger partial charge in [-0.1, -0.05) is 76.2 Å². The van der Waals surface area contributed by atoms with Crippen LogP contribution in [0.25, 0.3) is 11.1 Å². The fourth-order valence-corrected chi connectivity index (χ4v) is 4.21. The van der Waals surface area contributed by atoms with Crippen molar-refractivity contribution >= 4 is 11.4 Å². The first-order valence-corrected chi connectivity index (χ1v) is 9.93. The van der Waals surface area contributed by atoms with Gasteiger partial charge in [-0.3, -0.25) is 0 Å². The molecule has 1 N–H and O–H groups in total. The third-order valence-corrected chi connectivity index (χ3v) is 6.13. The van der Waals surface area contributed by atoms with Crippen molar-refractivity contribution < 1.29 is 0 Å². The van der Waals surface area contributed by atoms with E-state index in [0.717, 1.165) is 5.69 Å². The van der Waals surface area contributed by atoms with Crippen LogP contribution in [0.15, 0.2) is 72.8 Å². The summed E-state index contributed by atoms with van der Waals surface area (Å²) in [6.45, 7) is 9.49. The lowest BCUT2D eigenvalue weighted by Crippen LogP contribution is -2.33. The summed E-state index contributed by atoms with van der Waals surface area (Å²) in [5.41, 5.74) is 8.29. The number of benzene rings is 3. The van der Waals surface area contributed by atoms with E-state index in [4.69, 9.17) is 0 Å². The van der Waals surface area contributed by atoms with Crippen LogP contribution in [-0.2, 0) is 10.8 Å². The highest BCUT2D eigenvalue weighted by molar-refractivity contribution is 5.69. The Morgan fingerprint density at radius 3 is 1.81 bits per heavy atom. The number of nitrogens with one attached hydrogen (secondary N) is 1. The molecule has 0 amide bonds. The number of hydrogen-bond donors (Lipinski definition) is 1. The summed E-state index contributed by atoms with van der Waals surface area (Å²) in [6, 6.07) is 26.1. The van der Waals surface area contributed by atoms with Crippen molar-refractivity contribution in [3.8, 4) is 11.1 Å². The van der Waals surface area contributed by atoms with Crippen LogP contribution in [-0.4, -0.2) is 0 Å². The van der Waals surface area contributed by atoms with E-state index >= 15 is 0 Å². The van der Waals surface area contributed by atoms with Crippen molar-refractivity contribution in [1.82, 2.24) is 0 Å². The first-order valence-electron chi connectivity index (χ1n) is 9.93. The number of hydrogen-bond acceptors (Lipinski definition) is 1. The van der Waals surface area contributed by atoms with E-state index in [2.05, 4.69) is 106 Å². The molecule has 138 valence electrons. The molecule has 0 bridgehead atoms. The van der Waals surface area contributed by atoms with Crippen LogP contribution in [0, 0.1) is 0 Å². The number of anilines is 2. The Bertz CT molecular complexity index is 934. The van der Waals surface area contributed by atoms with Crippen LogP contribution in [0.3, 0.4) is 0 Å². The highest BCUT2D eigenvalue weighted by Gasteiger charge is 2.36. The molecule has 1 heteroatoms. The summed E-state index contributed by atoms with van der Waals surface area (Å²) in [6.07, 6.45) is 2.49. The lowest BCUT2D eigenvalue weighted by Gasteiger charge is -2.42. The van der Waals surface area contributed by atoms with Crippen molar-refractivity contribution in [3.63, 3.8) is 0 Å². The zero-order valence-corrected chi connectivity index (χ0v) is 16.8. The molecule has 0 saturated heterocycles. The van der Waals surface area contributed by atoms with Crippen LogP contribution >= 0.6 is 0 Å². The predicted octanol–water partition coefficient (Wildman–Crippen LogP) is 7.45. The molecule has 0 heterocycles. The van der Waals surface area contributed by atoms with Gasteiger partial charge in [0.1, 0.15) is 0 Å². The molecule has 0 saturated carbocycles. The number of fused-ring (bicyclic) bond motifs is 1. The fourth-order valence-electron chi connectivity index (χ4n) is 4.21. The Balaban J connectivity index is 1.60. The minimum absolute atomic E-state index is 0.236. The second-order valence-corrected chi connectivity index (χ2v) is 9.10. The largest absolute Gasteiger partial charge is 0.356 e. The molecule has 0 fully saturated rings. The van der Waals surface area contributed by atoms with Gasteiger partial charge in [0.2, 0.25) is 0 Å². The molecule has 0 unspecified atom stereocenters. The van der Waals surface area contributed by atoms with Crippen molar-refractivity contribution in [2.45, 2.75) is 51.4 Å². The Morgan fingerprint density at radius 2 is 1.15 bits per heavy atom. The molecule has 0 spiro atoms. The van der Waals surface area contributed by atoms with Crippen LogP contribution in [0.1, 0.15) is 51.7 Å². The third-order valence-electron chi connectivity index (χ3n) is 6.13. The maximum Gasteiger partial charge on any atom is 0.0387 e. The van der Waals surface area contributed by atoms with Gasteiger partial charge < -0.3 is 5.32 Å². The maximum absolute atomic E-state index is 3.60.